The number of pyridine rings is 1. The molecule has 0 aliphatic heterocycles. The summed E-state index contributed by atoms with van der Waals surface area (Å²) in [6.45, 7) is 2.00. The van der Waals surface area contributed by atoms with Gasteiger partial charge in [-0.2, -0.15) is 0 Å². The fourth-order valence-corrected chi connectivity index (χ4v) is 5.55. The van der Waals surface area contributed by atoms with E-state index in [0.29, 0.717) is 10.6 Å². The van der Waals surface area contributed by atoms with Crippen molar-refractivity contribution in [3.05, 3.63) is 94.3 Å². The predicted molar refractivity (Wildman–Crippen MR) is 142 cm³/mol. The number of fused-ring (bicyclic) bond motifs is 1. The first-order valence-corrected chi connectivity index (χ1v) is 13.1. The fraction of sp³-hybridized carbons (Fsp3) is 0.276. The Kier molecular flexibility index (Phi) is 6.91. The topological polar surface area (TPSA) is 62.3 Å². The highest BCUT2D eigenvalue weighted by Crippen LogP contribution is 2.33. The molecular formula is C29H29N3O2S. The van der Waals surface area contributed by atoms with Crippen LogP contribution in [0.3, 0.4) is 0 Å². The third-order valence-corrected chi connectivity index (χ3v) is 7.49. The monoisotopic (exact) mass is 483 g/mol. The second-order valence-electron chi connectivity index (χ2n) is 9.19. The maximum atomic E-state index is 14.0. The third kappa shape index (κ3) is 5.13. The highest BCUT2D eigenvalue weighted by molar-refractivity contribution is 7.12. The number of hydrogen-bond donors (Lipinski definition) is 1. The summed E-state index contributed by atoms with van der Waals surface area (Å²) >= 11 is 1.39. The van der Waals surface area contributed by atoms with Crippen molar-refractivity contribution in [3.8, 4) is 0 Å². The average molecular weight is 484 g/mol. The van der Waals surface area contributed by atoms with Gasteiger partial charge in [0.05, 0.1) is 10.4 Å². The fourth-order valence-electron chi connectivity index (χ4n) is 4.89. The van der Waals surface area contributed by atoms with Crippen LogP contribution >= 0.6 is 11.3 Å². The predicted octanol–water partition coefficient (Wildman–Crippen LogP) is 6.44. The first-order valence-electron chi connectivity index (χ1n) is 12.2. The minimum Gasteiger partial charge on any atom is -0.351 e. The summed E-state index contributed by atoms with van der Waals surface area (Å²) in [5.74, 6) is -0.327. The number of rotatable bonds is 6. The van der Waals surface area contributed by atoms with Crippen molar-refractivity contribution in [2.75, 3.05) is 4.90 Å². The molecule has 1 aliphatic rings. The molecule has 1 saturated carbocycles. The van der Waals surface area contributed by atoms with Gasteiger partial charge in [-0.1, -0.05) is 49.6 Å². The largest absolute Gasteiger partial charge is 0.351 e. The van der Waals surface area contributed by atoms with Crippen LogP contribution in [0.4, 0.5) is 5.69 Å². The summed E-state index contributed by atoms with van der Waals surface area (Å²) in [7, 11) is 0. The summed E-state index contributed by atoms with van der Waals surface area (Å²) in [5, 5.41) is 6.11. The Balaban J connectivity index is 1.63. The Morgan fingerprint density at radius 2 is 1.86 bits per heavy atom. The molecule has 5 rings (SSSR count). The number of amides is 2. The van der Waals surface area contributed by atoms with E-state index in [9.17, 15) is 9.59 Å². The van der Waals surface area contributed by atoms with Crippen LogP contribution in [0.5, 0.6) is 0 Å². The lowest BCUT2D eigenvalue weighted by Crippen LogP contribution is -2.47. The van der Waals surface area contributed by atoms with Crippen molar-refractivity contribution in [2.45, 2.75) is 51.1 Å². The minimum absolute atomic E-state index is 0.136. The molecule has 0 radical (unpaired) electrons. The smallest absolute Gasteiger partial charge is 0.269 e. The van der Waals surface area contributed by atoms with E-state index in [-0.39, 0.29) is 17.9 Å². The van der Waals surface area contributed by atoms with Crippen molar-refractivity contribution in [1.82, 2.24) is 10.3 Å². The van der Waals surface area contributed by atoms with E-state index < -0.39 is 6.04 Å². The van der Waals surface area contributed by atoms with Gasteiger partial charge < -0.3 is 5.32 Å². The molecule has 1 fully saturated rings. The van der Waals surface area contributed by atoms with E-state index in [1.165, 1.54) is 17.8 Å². The molecule has 0 saturated heterocycles. The van der Waals surface area contributed by atoms with Crippen LogP contribution in [-0.2, 0) is 4.79 Å². The van der Waals surface area contributed by atoms with Crippen LogP contribution in [0.1, 0.15) is 58.9 Å². The van der Waals surface area contributed by atoms with Gasteiger partial charge in [-0.25, -0.2) is 0 Å². The van der Waals surface area contributed by atoms with Gasteiger partial charge in [0.25, 0.3) is 5.91 Å². The molecule has 2 aromatic carbocycles. The number of hydrogen-bond acceptors (Lipinski definition) is 4. The molecule has 0 unspecified atom stereocenters. The summed E-state index contributed by atoms with van der Waals surface area (Å²) in [4.78, 5) is 34.6. The lowest BCUT2D eigenvalue weighted by Gasteiger charge is -2.33. The van der Waals surface area contributed by atoms with Crippen LogP contribution in [0.2, 0.25) is 0 Å². The van der Waals surface area contributed by atoms with Crippen LogP contribution in [0.25, 0.3) is 10.9 Å². The molecule has 6 heteroatoms. The molecule has 0 spiro atoms. The highest BCUT2D eigenvalue weighted by atomic mass is 32.1. The number of aromatic nitrogens is 1. The van der Waals surface area contributed by atoms with Crippen LogP contribution in [-0.4, -0.2) is 22.8 Å². The van der Waals surface area contributed by atoms with Crippen LogP contribution in [0.15, 0.2) is 78.3 Å². The Morgan fingerprint density at radius 1 is 1.00 bits per heavy atom. The molecular weight excluding hydrogens is 454 g/mol. The number of nitrogens with zero attached hydrogens (tertiary/aromatic N) is 2. The number of anilines is 1. The summed E-state index contributed by atoms with van der Waals surface area (Å²) in [5.41, 5.74) is 3.36. The van der Waals surface area contributed by atoms with Crippen molar-refractivity contribution in [3.63, 3.8) is 0 Å². The van der Waals surface area contributed by atoms with Gasteiger partial charge >= 0.3 is 0 Å². The lowest BCUT2D eigenvalue weighted by atomic mass is 9.94. The van der Waals surface area contributed by atoms with E-state index in [4.69, 9.17) is 0 Å². The quantitative estimate of drug-likeness (QED) is 0.343. The van der Waals surface area contributed by atoms with Crippen LogP contribution in [0, 0.1) is 6.92 Å². The second kappa shape index (κ2) is 10.4. The number of benzene rings is 2. The summed E-state index contributed by atoms with van der Waals surface area (Å²) in [6.07, 6.45) is 7.15. The molecule has 4 aromatic rings. The molecule has 0 bridgehead atoms. The van der Waals surface area contributed by atoms with Gasteiger partial charge in [0, 0.05) is 23.3 Å². The molecule has 2 heterocycles. The van der Waals surface area contributed by atoms with E-state index in [1.807, 2.05) is 79.0 Å². The minimum atomic E-state index is -0.807. The molecule has 1 atom stereocenters. The second-order valence-corrected chi connectivity index (χ2v) is 10.1. The van der Waals surface area contributed by atoms with E-state index in [2.05, 4.69) is 10.3 Å². The van der Waals surface area contributed by atoms with E-state index >= 15 is 0 Å². The van der Waals surface area contributed by atoms with Gasteiger partial charge in [-0.3, -0.25) is 19.5 Å². The number of carbonyl (C=O) groups is 2. The molecule has 2 amide bonds. The standard InChI is InChI=1S/C29H29N3O2S/c1-20-8-5-12-24(18-20)32(29(34)26-13-7-17-35-26)27(28(33)31-23-10-3-2-4-11-23)22-14-15-25-21(19-22)9-6-16-30-25/h5-9,12-19,23,27H,2-4,10-11H2,1H3,(H,31,33)/t27-/m1/s1. The average Bonchev–Trinajstić information content (AvgIpc) is 3.42. The lowest BCUT2D eigenvalue weighted by molar-refractivity contribution is -0.123. The third-order valence-electron chi connectivity index (χ3n) is 6.63. The van der Waals surface area contributed by atoms with Crippen molar-refractivity contribution in [2.24, 2.45) is 0 Å². The van der Waals surface area contributed by atoms with Crippen molar-refractivity contribution >= 4 is 39.7 Å². The Morgan fingerprint density at radius 3 is 2.63 bits per heavy atom. The molecule has 1 N–H and O–H groups in total. The van der Waals surface area contributed by atoms with E-state index in [1.54, 1.807) is 11.1 Å². The van der Waals surface area contributed by atoms with Gasteiger partial charge in [0.2, 0.25) is 5.91 Å². The van der Waals surface area contributed by atoms with Gasteiger partial charge in [-0.05, 0) is 72.7 Å². The molecule has 5 nitrogen and oxygen atoms in total. The number of nitrogens with one attached hydrogen (secondary N) is 1. The Labute approximate surface area is 209 Å². The van der Waals surface area contributed by atoms with Gasteiger partial charge in [0.15, 0.2) is 0 Å². The molecule has 2 aromatic heterocycles. The van der Waals surface area contributed by atoms with Gasteiger partial charge in [0.1, 0.15) is 6.04 Å². The Bertz CT molecular complexity index is 1330. The summed E-state index contributed by atoms with van der Waals surface area (Å²) < 4.78 is 0. The number of aryl methyl sites for hydroxylation is 1. The van der Waals surface area contributed by atoms with Gasteiger partial charge in [-0.15, -0.1) is 11.3 Å². The highest BCUT2D eigenvalue weighted by Gasteiger charge is 2.35. The molecule has 178 valence electrons. The SMILES string of the molecule is Cc1cccc(N(C(=O)c2cccs2)[C@@H](C(=O)NC2CCCCC2)c2ccc3ncccc3c2)c1. The van der Waals surface area contributed by atoms with Crippen LogP contribution < -0.4 is 10.2 Å². The zero-order valence-electron chi connectivity index (χ0n) is 19.8. The molecule has 35 heavy (non-hydrogen) atoms. The van der Waals surface area contributed by atoms with Crippen molar-refractivity contribution < 1.29 is 9.59 Å². The zero-order valence-corrected chi connectivity index (χ0v) is 20.6. The maximum Gasteiger partial charge on any atom is 0.269 e. The first-order chi connectivity index (χ1) is 17.1. The van der Waals surface area contributed by atoms with Crippen molar-refractivity contribution in [1.29, 1.82) is 0 Å². The zero-order chi connectivity index (χ0) is 24.2. The first kappa shape index (κ1) is 23.2. The number of carbonyl (C=O) groups excluding carboxylic acids is 2. The summed E-state index contributed by atoms with van der Waals surface area (Å²) in [6, 6.07) is 20.5. The Hall–Kier alpha value is -3.51. The molecule has 1 aliphatic carbocycles. The van der Waals surface area contributed by atoms with E-state index in [0.717, 1.165) is 47.7 Å². The maximum absolute atomic E-state index is 14.0. The number of thiophene rings is 1. The normalized spacial score (nSPS) is 15.0.